The zero-order valence-electron chi connectivity index (χ0n) is 16.5. The van der Waals surface area contributed by atoms with Crippen LogP contribution in [-0.2, 0) is 11.3 Å². The highest BCUT2D eigenvalue weighted by Crippen LogP contribution is 2.22. The Kier molecular flexibility index (Phi) is 7.07. The van der Waals surface area contributed by atoms with Gasteiger partial charge in [0.25, 0.3) is 5.91 Å². The molecular weight excluding hydrogens is 378 g/mol. The molecule has 3 rings (SSSR count). The lowest BCUT2D eigenvalue weighted by Gasteiger charge is -2.08. The van der Waals surface area contributed by atoms with Gasteiger partial charge in [0.2, 0.25) is 0 Å². The van der Waals surface area contributed by atoms with E-state index in [0.717, 1.165) is 17.1 Å². The summed E-state index contributed by atoms with van der Waals surface area (Å²) in [6.07, 6.45) is 1.40. The standard InChI is InChI=1S/C24H21N3O3/c1-29-23-9-5-6-18(14-23)16-26-17-19(15-25)24(28)27-20-10-12-22(13-11-20)30-21-7-3-2-4-8-21/h2-14,17,26H,16H2,1H3,(H,27,28)/b19-17-. The normalized spacial score (nSPS) is 10.6. The highest BCUT2D eigenvalue weighted by atomic mass is 16.5. The smallest absolute Gasteiger partial charge is 0.267 e. The van der Waals surface area contributed by atoms with Gasteiger partial charge in [0, 0.05) is 18.4 Å². The van der Waals surface area contributed by atoms with Crippen molar-refractivity contribution >= 4 is 11.6 Å². The largest absolute Gasteiger partial charge is 0.497 e. The molecule has 0 atom stereocenters. The van der Waals surface area contributed by atoms with E-state index in [1.807, 2.05) is 60.7 Å². The lowest BCUT2D eigenvalue weighted by molar-refractivity contribution is -0.112. The molecule has 1 amide bonds. The highest BCUT2D eigenvalue weighted by Gasteiger charge is 2.09. The van der Waals surface area contributed by atoms with Crippen molar-refractivity contribution in [3.63, 3.8) is 0 Å². The number of amides is 1. The highest BCUT2D eigenvalue weighted by molar-refractivity contribution is 6.06. The number of nitrogens with one attached hydrogen (secondary N) is 2. The van der Waals surface area contributed by atoms with Crippen LogP contribution in [0.1, 0.15) is 5.56 Å². The Hall–Kier alpha value is -4.24. The second-order valence-corrected chi connectivity index (χ2v) is 6.30. The van der Waals surface area contributed by atoms with Gasteiger partial charge in [-0.15, -0.1) is 0 Å². The number of carbonyl (C=O) groups is 1. The Bertz CT molecular complexity index is 1060. The van der Waals surface area contributed by atoms with Crippen LogP contribution in [0, 0.1) is 11.3 Å². The summed E-state index contributed by atoms with van der Waals surface area (Å²) >= 11 is 0. The van der Waals surface area contributed by atoms with Crippen molar-refractivity contribution in [2.24, 2.45) is 0 Å². The molecule has 0 fully saturated rings. The number of nitrogens with zero attached hydrogens (tertiary/aromatic N) is 1. The molecule has 0 unspecified atom stereocenters. The van der Waals surface area contributed by atoms with Crippen molar-refractivity contribution in [1.29, 1.82) is 5.26 Å². The summed E-state index contributed by atoms with van der Waals surface area (Å²) in [6, 6.07) is 25.8. The van der Waals surface area contributed by atoms with Crippen LogP contribution in [0.15, 0.2) is 90.6 Å². The first-order valence-corrected chi connectivity index (χ1v) is 9.29. The van der Waals surface area contributed by atoms with E-state index in [0.29, 0.717) is 18.0 Å². The van der Waals surface area contributed by atoms with Crippen LogP contribution in [0.2, 0.25) is 0 Å². The number of nitriles is 1. The first kappa shape index (κ1) is 20.5. The van der Waals surface area contributed by atoms with Crippen LogP contribution in [0.25, 0.3) is 0 Å². The SMILES string of the molecule is COc1cccc(CN/C=C(/C#N)C(=O)Nc2ccc(Oc3ccccc3)cc2)c1. The summed E-state index contributed by atoms with van der Waals surface area (Å²) in [5, 5.41) is 15.0. The molecule has 0 heterocycles. The molecule has 0 saturated heterocycles. The maximum atomic E-state index is 12.4. The molecule has 0 aliphatic carbocycles. The van der Waals surface area contributed by atoms with E-state index in [2.05, 4.69) is 10.6 Å². The maximum Gasteiger partial charge on any atom is 0.267 e. The van der Waals surface area contributed by atoms with Gasteiger partial charge in [-0.05, 0) is 54.1 Å². The third kappa shape index (κ3) is 5.88. The molecule has 0 aliphatic heterocycles. The van der Waals surface area contributed by atoms with Gasteiger partial charge in [0.05, 0.1) is 7.11 Å². The van der Waals surface area contributed by atoms with Crippen LogP contribution >= 0.6 is 0 Å². The first-order valence-electron chi connectivity index (χ1n) is 9.29. The second kappa shape index (κ2) is 10.3. The molecule has 0 aromatic heterocycles. The number of hydrogen-bond donors (Lipinski definition) is 2. The number of anilines is 1. The minimum atomic E-state index is -0.493. The number of benzene rings is 3. The molecule has 6 heteroatoms. The van der Waals surface area contributed by atoms with Crippen LogP contribution in [0.4, 0.5) is 5.69 Å². The molecule has 0 radical (unpaired) electrons. The van der Waals surface area contributed by atoms with E-state index in [4.69, 9.17) is 9.47 Å². The summed E-state index contributed by atoms with van der Waals surface area (Å²) in [6.45, 7) is 0.460. The van der Waals surface area contributed by atoms with Gasteiger partial charge >= 0.3 is 0 Å². The number of hydrogen-bond acceptors (Lipinski definition) is 5. The number of carbonyl (C=O) groups excluding carboxylic acids is 1. The Morgan fingerprint density at radius 2 is 1.67 bits per heavy atom. The van der Waals surface area contributed by atoms with E-state index in [-0.39, 0.29) is 5.57 Å². The van der Waals surface area contributed by atoms with E-state index in [1.165, 1.54) is 6.20 Å². The zero-order valence-corrected chi connectivity index (χ0v) is 16.5. The van der Waals surface area contributed by atoms with Crippen LogP contribution in [-0.4, -0.2) is 13.0 Å². The van der Waals surface area contributed by atoms with Crippen molar-refractivity contribution in [2.45, 2.75) is 6.54 Å². The van der Waals surface area contributed by atoms with Gasteiger partial charge in [0.1, 0.15) is 28.9 Å². The fraction of sp³-hybridized carbons (Fsp3) is 0.0833. The average molecular weight is 399 g/mol. The predicted octanol–water partition coefficient (Wildman–Crippen LogP) is 4.62. The Morgan fingerprint density at radius 1 is 0.967 bits per heavy atom. The van der Waals surface area contributed by atoms with Crippen LogP contribution in [0.5, 0.6) is 17.2 Å². The van der Waals surface area contributed by atoms with Crippen molar-refractivity contribution in [1.82, 2.24) is 5.32 Å². The Balaban J connectivity index is 1.56. The van der Waals surface area contributed by atoms with Crippen molar-refractivity contribution in [3.8, 4) is 23.3 Å². The van der Waals surface area contributed by atoms with Crippen molar-refractivity contribution < 1.29 is 14.3 Å². The molecule has 150 valence electrons. The van der Waals surface area contributed by atoms with E-state index >= 15 is 0 Å². The van der Waals surface area contributed by atoms with Gasteiger partial charge in [-0.2, -0.15) is 5.26 Å². The number of rotatable bonds is 8. The molecule has 6 nitrogen and oxygen atoms in total. The predicted molar refractivity (Wildman–Crippen MR) is 115 cm³/mol. The quantitative estimate of drug-likeness (QED) is 0.426. The maximum absolute atomic E-state index is 12.4. The summed E-state index contributed by atoms with van der Waals surface area (Å²) in [5.41, 5.74) is 1.51. The molecule has 3 aromatic carbocycles. The van der Waals surface area contributed by atoms with Crippen LogP contribution in [0.3, 0.4) is 0 Å². The second-order valence-electron chi connectivity index (χ2n) is 6.30. The molecule has 2 N–H and O–H groups in total. The summed E-state index contributed by atoms with van der Waals surface area (Å²) in [4.78, 5) is 12.4. The monoisotopic (exact) mass is 399 g/mol. The lowest BCUT2D eigenvalue weighted by Crippen LogP contribution is -2.16. The third-order valence-electron chi connectivity index (χ3n) is 4.14. The van der Waals surface area contributed by atoms with Gasteiger partial charge < -0.3 is 20.1 Å². The van der Waals surface area contributed by atoms with Gasteiger partial charge in [-0.25, -0.2) is 0 Å². The number of ether oxygens (including phenoxy) is 2. The third-order valence-corrected chi connectivity index (χ3v) is 4.14. The first-order chi connectivity index (χ1) is 14.7. The fourth-order valence-corrected chi connectivity index (χ4v) is 2.63. The van der Waals surface area contributed by atoms with E-state index in [1.54, 1.807) is 31.4 Å². The van der Waals surface area contributed by atoms with Gasteiger partial charge in [0.15, 0.2) is 0 Å². The lowest BCUT2D eigenvalue weighted by atomic mass is 10.2. The number of para-hydroxylation sites is 1. The average Bonchev–Trinajstić information content (AvgIpc) is 2.79. The Labute approximate surface area is 175 Å². The zero-order chi connectivity index (χ0) is 21.2. The molecule has 3 aromatic rings. The molecular formula is C24H21N3O3. The summed E-state index contributed by atoms with van der Waals surface area (Å²) < 4.78 is 10.9. The number of methoxy groups -OCH3 is 1. The minimum Gasteiger partial charge on any atom is -0.497 e. The molecule has 0 saturated carbocycles. The molecule has 0 aliphatic rings. The summed E-state index contributed by atoms with van der Waals surface area (Å²) in [7, 11) is 1.60. The molecule has 0 bridgehead atoms. The summed E-state index contributed by atoms with van der Waals surface area (Å²) in [5.74, 6) is 1.63. The molecule has 30 heavy (non-hydrogen) atoms. The van der Waals surface area contributed by atoms with E-state index in [9.17, 15) is 10.1 Å². The van der Waals surface area contributed by atoms with Crippen LogP contribution < -0.4 is 20.1 Å². The Morgan fingerprint density at radius 3 is 2.37 bits per heavy atom. The topological polar surface area (TPSA) is 83.4 Å². The minimum absolute atomic E-state index is 0.0255. The van der Waals surface area contributed by atoms with Gasteiger partial charge in [-0.3, -0.25) is 4.79 Å². The van der Waals surface area contributed by atoms with Crippen molar-refractivity contribution in [3.05, 3.63) is 96.2 Å². The molecule has 0 spiro atoms. The van der Waals surface area contributed by atoms with Gasteiger partial charge in [-0.1, -0.05) is 30.3 Å². The van der Waals surface area contributed by atoms with E-state index < -0.39 is 5.91 Å². The fourth-order valence-electron chi connectivity index (χ4n) is 2.63. The van der Waals surface area contributed by atoms with Crippen molar-refractivity contribution in [2.75, 3.05) is 12.4 Å².